The molecule has 5 heteroatoms. The van der Waals surface area contributed by atoms with E-state index >= 15 is 0 Å². The summed E-state index contributed by atoms with van der Waals surface area (Å²) < 4.78 is 6.98. The predicted octanol–water partition coefficient (Wildman–Crippen LogP) is 2.73. The van der Waals surface area contributed by atoms with Crippen LogP contribution in [-0.4, -0.2) is 28.0 Å². The molecule has 1 N–H and O–H groups in total. The molecule has 0 aliphatic carbocycles. The minimum absolute atomic E-state index is 0.333. The van der Waals surface area contributed by atoms with Crippen molar-refractivity contribution < 1.29 is 9.53 Å². The van der Waals surface area contributed by atoms with Crippen molar-refractivity contribution in [3.05, 3.63) is 18.0 Å². The maximum absolute atomic E-state index is 11.4. The molecule has 0 aliphatic heterocycles. The molecule has 0 saturated carbocycles. The zero-order chi connectivity index (χ0) is 15.2. The number of amides is 1. The first kappa shape index (κ1) is 16.1. The summed E-state index contributed by atoms with van der Waals surface area (Å²) >= 11 is 0. The van der Waals surface area contributed by atoms with E-state index < -0.39 is 11.7 Å². The maximum atomic E-state index is 11.4. The van der Waals surface area contributed by atoms with Crippen LogP contribution in [0, 0.1) is 11.8 Å². The maximum Gasteiger partial charge on any atom is 0.407 e. The summed E-state index contributed by atoms with van der Waals surface area (Å²) in [6.45, 7) is 10.1. The highest BCUT2D eigenvalue weighted by Gasteiger charge is 2.15. The molecular weight excluding hydrogens is 254 g/mol. The second-order valence-corrected chi connectivity index (χ2v) is 5.78. The van der Waals surface area contributed by atoms with Crippen LogP contribution in [0.15, 0.2) is 12.4 Å². The van der Waals surface area contributed by atoms with Crippen LogP contribution in [0.1, 0.15) is 52.6 Å². The van der Waals surface area contributed by atoms with Crippen LogP contribution < -0.4 is 5.32 Å². The summed E-state index contributed by atoms with van der Waals surface area (Å²) in [7, 11) is 0. The Morgan fingerprint density at radius 3 is 2.75 bits per heavy atom. The summed E-state index contributed by atoms with van der Waals surface area (Å²) in [5, 5.41) is 6.87. The van der Waals surface area contributed by atoms with E-state index in [0.29, 0.717) is 19.0 Å². The Kier molecular flexibility index (Phi) is 5.63. The average Bonchev–Trinajstić information content (AvgIpc) is 2.75. The Morgan fingerprint density at radius 2 is 2.20 bits per heavy atom. The first-order valence-corrected chi connectivity index (χ1v) is 6.78. The van der Waals surface area contributed by atoms with E-state index in [1.165, 1.54) is 0 Å². The lowest BCUT2D eigenvalue weighted by atomic mass is 10.2. The van der Waals surface area contributed by atoms with Gasteiger partial charge in [0.2, 0.25) is 0 Å². The molecule has 110 valence electrons. The number of rotatable bonds is 3. The van der Waals surface area contributed by atoms with Crippen LogP contribution in [-0.2, 0) is 4.74 Å². The Labute approximate surface area is 120 Å². The molecule has 0 spiro atoms. The van der Waals surface area contributed by atoms with Gasteiger partial charge in [-0.1, -0.05) is 11.8 Å². The number of hydrogen-bond acceptors (Lipinski definition) is 3. The number of alkyl carbamates (subject to hydrolysis) is 1. The van der Waals surface area contributed by atoms with Gasteiger partial charge >= 0.3 is 6.09 Å². The number of carbonyl (C=O) groups is 1. The molecule has 5 nitrogen and oxygen atoms in total. The number of carbonyl (C=O) groups excluding carboxylic acids is 1. The van der Waals surface area contributed by atoms with Crippen molar-refractivity contribution in [2.24, 2.45) is 0 Å². The second kappa shape index (κ2) is 6.99. The standard InChI is InChI=1S/C15H23N3O2/c1-12(2)18-11-13(10-17-18)8-6-7-9-16-14(19)20-15(3,4)5/h10-12H,7,9H2,1-5H3,(H,16,19). The molecule has 0 atom stereocenters. The first-order chi connectivity index (χ1) is 9.28. The third-order valence-electron chi connectivity index (χ3n) is 2.28. The molecule has 0 bridgehead atoms. The van der Waals surface area contributed by atoms with Crippen molar-refractivity contribution in [1.82, 2.24) is 15.1 Å². The third-order valence-corrected chi connectivity index (χ3v) is 2.28. The van der Waals surface area contributed by atoms with Gasteiger partial charge in [-0.05, 0) is 34.6 Å². The van der Waals surface area contributed by atoms with Gasteiger partial charge in [-0.15, -0.1) is 0 Å². The lowest BCUT2D eigenvalue weighted by Gasteiger charge is -2.19. The Morgan fingerprint density at radius 1 is 1.50 bits per heavy atom. The molecular formula is C15H23N3O2. The van der Waals surface area contributed by atoms with E-state index in [0.717, 1.165) is 5.56 Å². The third kappa shape index (κ3) is 6.28. The van der Waals surface area contributed by atoms with Gasteiger partial charge in [0, 0.05) is 25.2 Å². The van der Waals surface area contributed by atoms with Crippen molar-refractivity contribution in [3.8, 4) is 11.8 Å². The van der Waals surface area contributed by atoms with Crippen LogP contribution in [0.5, 0.6) is 0 Å². The van der Waals surface area contributed by atoms with Crippen molar-refractivity contribution in [2.75, 3.05) is 6.54 Å². The van der Waals surface area contributed by atoms with Gasteiger partial charge in [0.15, 0.2) is 0 Å². The minimum atomic E-state index is -0.471. The van der Waals surface area contributed by atoms with Crippen molar-refractivity contribution in [2.45, 2.75) is 52.7 Å². The van der Waals surface area contributed by atoms with Gasteiger partial charge in [-0.2, -0.15) is 5.10 Å². The zero-order valence-electron chi connectivity index (χ0n) is 12.9. The largest absolute Gasteiger partial charge is 0.444 e. The van der Waals surface area contributed by atoms with Crippen molar-refractivity contribution in [3.63, 3.8) is 0 Å². The van der Waals surface area contributed by atoms with Crippen LogP contribution in [0.2, 0.25) is 0 Å². The molecule has 0 saturated heterocycles. The molecule has 0 radical (unpaired) electrons. The molecule has 0 aliphatic rings. The van der Waals surface area contributed by atoms with E-state index in [4.69, 9.17) is 4.74 Å². The lowest BCUT2D eigenvalue weighted by molar-refractivity contribution is 0.0529. The SMILES string of the molecule is CC(C)n1cc(C#CCCNC(=O)OC(C)(C)C)cn1. The summed E-state index contributed by atoms with van der Waals surface area (Å²) in [6, 6.07) is 0.333. The van der Waals surface area contributed by atoms with E-state index in [1.807, 2.05) is 31.6 Å². The average molecular weight is 277 g/mol. The van der Waals surface area contributed by atoms with Crippen molar-refractivity contribution >= 4 is 6.09 Å². The van der Waals surface area contributed by atoms with Crippen LogP contribution in [0.4, 0.5) is 4.79 Å². The van der Waals surface area contributed by atoms with E-state index in [2.05, 4.69) is 36.1 Å². The van der Waals surface area contributed by atoms with Gasteiger partial charge in [-0.3, -0.25) is 4.68 Å². The fourth-order valence-corrected chi connectivity index (χ4v) is 1.39. The fourth-order valence-electron chi connectivity index (χ4n) is 1.39. The molecule has 0 fully saturated rings. The molecule has 1 rings (SSSR count). The number of nitrogens with zero attached hydrogens (tertiary/aromatic N) is 2. The number of ether oxygens (including phenoxy) is 1. The van der Waals surface area contributed by atoms with Gasteiger partial charge in [0.25, 0.3) is 0 Å². The highest BCUT2D eigenvalue weighted by atomic mass is 16.6. The van der Waals surface area contributed by atoms with Crippen LogP contribution in [0.25, 0.3) is 0 Å². The van der Waals surface area contributed by atoms with Crippen LogP contribution >= 0.6 is 0 Å². The fraction of sp³-hybridized carbons (Fsp3) is 0.600. The summed E-state index contributed by atoms with van der Waals surface area (Å²) in [5.41, 5.74) is 0.414. The molecule has 20 heavy (non-hydrogen) atoms. The van der Waals surface area contributed by atoms with Crippen LogP contribution in [0.3, 0.4) is 0 Å². The van der Waals surface area contributed by atoms with Gasteiger partial charge in [0.05, 0.1) is 11.8 Å². The number of hydrogen-bond donors (Lipinski definition) is 1. The topological polar surface area (TPSA) is 56.2 Å². The van der Waals surface area contributed by atoms with Gasteiger partial charge in [-0.25, -0.2) is 4.79 Å². The van der Waals surface area contributed by atoms with Gasteiger partial charge in [0.1, 0.15) is 5.60 Å². The molecule has 1 amide bonds. The minimum Gasteiger partial charge on any atom is -0.444 e. The van der Waals surface area contributed by atoms with E-state index in [-0.39, 0.29) is 0 Å². The molecule has 0 unspecified atom stereocenters. The Bertz CT molecular complexity index is 501. The summed E-state index contributed by atoms with van der Waals surface area (Å²) in [5.74, 6) is 6.01. The molecule has 1 aromatic heterocycles. The first-order valence-electron chi connectivity index (χ1n) is 6.78. The van der Waals surface area contributed by atoms with Crippen molar-refractivity contribution in [1.29, 1.82) is 0 Å². The summed E-state index contributed by atoms with van der Waals surface area (Å²) in [4.78, 5) is 11.4. The van der Waals surface area contributed by atoms with Gasteiger partial charge < -0.3 is 10.1 Å². The quantitative estimate of drug-likeness (QED) is 0.682. The van der Waals surface area contributed by atoms with E-state index in [1.54, 1.807) is 6.20 Å². The van der Waals surface area contributed by atoms with E-state index in [9.17, 15) is 4.79 Å². The monoisotopic (exact) mass is 277 g/mol. The predicted molar refractivity (Wildman–Crippen MR) is 78.3 cm³/mol. The molecule has 1 heterocycles. The normalized spacial score (nSPS) is 10.9. The molecule has 1 aromatic rings. The summed E-state index contributed by atoms with van der Waals surface area (Å²) in [6.07, 6.45) is 3.83. The Balaban J connectivity index is 2.31. The second-order valence-electron chi connectivity index (χ2n) is 5.78. The lowest BCUT2D eigenvalue weighted by Crippen LogP contribution is -2.32. The highest BCUT2D eigenvalue weighted by Crippen LogP contribution is 2.06. The molecule has 0 aromatic carbocycles. The highest BCUT2D eigenvalue weighted by molar-refractivity contribution is 5.67. The number of aromatic nitrogens is 2. The smallest absolute Gasteiger partial charge is 0.407 e. The number of nitrogens with one attached hydrogen (secondary N) is 1. The zero-order valence-corrected chi connectivity index (χ0v) is 12.9. The Hall–Kier alpha value is -1.96.